The Labute approximate surface area is 102 Å². The van der Waals surface area contributed by atoms with Gasteiger partial charge in [0.15, 0.2) is 0 Å². The molecule has 1 heterocycles. The maximum Gasteiger partial charge on any atom is 0.377 e. The second-order valence-corrected chi connectivity index (χ2v) is 5.87. The first-order valence-corrected chi connectivity index (χ1v) is 7.16. The van der Waals surface area contributed by atoms with E-state index in [1.165, 1.54) is 0 Å². The summed E-state index contributed by atoms with van der Waals surface area (Å²) >= 11 is 0. The van der Waals surface area contributed by atoms with Gasteiger partial charge >= 0.3 is 11.9 Å². The number of ether oxygens (including phenoxy) is 1. The van der Waals surface area contributed by atoms with Crippen LogP contribution in [0.4, 0.5) is 8.78 Å². The van der Waals surface area contributed by atoms with Crippen LogP contribution in [-0.4, -0.2) is 46.8 Å². The van der Waals surface area contributed by atoms with E-state index in [-0.39, 0.29) is 12.6 Å². The second-order valence-electron chi connectivity index (χ2n) is 4.31. The minimum absolute atomic E-state index is 0.0619. The van der Waals surface area contributed by atoms with Crippen LogP contribution in [0.5, 0.6) is 0 Å². The van der Waals surface area contributed by atoms with E-state index in [4.69, 9.17) is 0 Å². The van der Waals surface area contributed by atoms with Crippen LogP contribution >= 0.6 is 0 Å². The lowest BCUT2D eigenvalue weighted by molar-refractivity contribution is -0.159. The summed E-state index contributed by atoms with van der Waals surface area (Å²) < 4.78 is 41.0. The number of hydrogen-bond donors (Lipinski definition) is 1. The number of carbonyl (C=O) groups excluding carboxylic acids is 1. The van der Waals surface area contributed by atoms with E-state index in [9.17, 15) is 17.8 Å². The van der Waals surface area contributed by atoms with Crippen LogP contribution in [0.15, 0.2) is 0 Å². The maximum atomic E-state index is 12.8. The summed E-state index contributed by atoms with van der Waals surface area (Å²) in [4.78, 5) is 10.7. The summed E-state index contributed by atoms with van der Waals surface area (Å²) in [5.74, 6) is -4.22. The molecule has 3 unspecified atom stereocenters. The fraction of sp³-hybridized carbons (Fsp3) is 0.900. The van der Waals surface area contributed by atoms with Gasteiger partial charge < -0.3 is 10.1 Å². The molecule has 0 amide bonds. The summed E-state index contributed by atoms with van der Waals surface area (Å²) in [7, 11) is -0.855. The lowest BCUT2D eigenvalue weighted by atomic mass is 10.2. The summed E-state index contributed by atoms with van der Waals surface area (Å²) in [6, 6.07) is 0.0619. The molecule has 7 heteroatoms. The molecule has 0 saturated carbocycles. The third kappa shape index (κ3) is 4.67. The van der Waals surface area contributed by atoms with E-state index < -0.39 is 35.2 Å². The van der Waals surface area contributed by atoms with Crippen molar-refractivity contribution in [3.05, 3.63) is 0 Å². The summed E-state index contributed by atoms with van der Waals surface area (Å²) in [6.45, 7) is 2.08. The normalized spacial score (nSPS) is 26.6. The van der Waals surface area contributed by atoms with Crippen LogP contribution in [0.2, 0.25) is 0 Å². The zero-order valence-corrected chi connectivity index (χ0v) is 10.7. The van der Waals surface area contributed by atoms with Crippen LogP contribution in [0.25, 0.3) is 0 Å². The van der Waals surface area contributed by atoms with Crippen LogP contribution in [0.1, 0.15) is 19.8 Å². The molecular weight excluding hydrogens is 252 g/mol. The lowest BCUT2D eigenvalue weighted by Crippen LogP contribution is -2.34. The van der Waals surface area contributed by atoms with E-state index in [1.807, 2.05) is 6.92 Å². The van der Waals surface area contributed by atoms with Gasteiger partial charge in [-0.05, 0) is 13.3 Å². The summed E-state index contributed by atoms with van der Waals surface area (Å²) in [5, 5.41) is 2.99. The maximum absolute atomic E-state index is 12.8. The van der Waals surface area contributed by atoms with E-state index in [2.05, 4.69) is 10.1 Å². The van der Waals surface area contributed by atoms with E-state index in [0.717, 1.165) is 0 Å². The van der Waals surface area contributed by atoms with Gasteiger partial charge in [-0.3, -0.25) is 4.21 Å². The molecule has 0 spiro atoms. The van der Waals surface area contributed by atoms with E-state index in [0.29, 0.717) is 12.2 Å². The lowest BCUT2D eigenvalue weighted by Gasteiger charge is -2.15. The molecule has 1 fully saturated rings. The molecule has 1 N–H and O–H groups in total. The Balaban J connectivity index is 2.24. The fourth-order valence-electron chi connectivity index (χ4n) is 1.54. The number of esters is 1. The van der Waals surface area contributed by atoms with Gasteiger partial charge in [-0.1, -0.05) is 0 Å². The van der Waals surface area contributed by atoms with Crippen molar-refractivity contribution in [2.75, 3.05) is 18.6 Å². The van der Waals surface area contributed by atoms with Crippen LogP contribution in [-0.2, 0) is 20.3 Å². The molecule has 1 aliphatic rings. The van der Waals surface area contributed by atoms with Crippen LogP contribution in [0, 0.1) is 0 Å². The molecule has 0 radical (unpaired) electrons. The van der Waals surface area contributed by atoms with Gasteiger partial charge in [0.2, 0.25) is 0 Å². The summed E-state index contributed by atoms with van der Waals surface area (Å²) in [5.41, 5.74) is 0. The molecule has 0 aromatic rings. The first kappa shape index (κ1) is 14.5. The summed E-state index contributed by atoms with van der Waals surface area (Å²) in [6.07, 6.45) is 0.976. The molecule has 0 bridgehead atoms. The number of halogens is 2. The van der Waals surface area contributed by atoms with Crippen molar-refractivity contribution in [3.8, 4) is 0 Å². The topological polar surface area (TPSA) is 55.4 Å². The second kappa shape index (κ2) is 5.86. The van der Waals surface area contributed by atoms with Crippen molar-refractivity contribution in [2.24, 2.45) is 0 Å². The fourth-order valence-corrected chi connectivity index (χ4v) is 2.23. The third-order valence-corrected chi connectivity index (χ3v) is 3.40. The Morgan fingerprint density at radius 2 is 2.29 bits per heavy atom. The highest BCUT2D eigenvalue weighted by molar-refractivity contribution is 7.84. The van der Waals surface area contributed by atoms with Gasteiger partial charge in [0, 0.05) is 35.4 Å². The molecule has 100 valence electrons. The van der Waals surface area contributed by atoms with Gasteiger partial charge in [-0.2, -0.15) is 8.78 Å². The van der Waals surface area contributed by atoms with Gasteiger partial charge in [0.1, 0.15) is 6.10 Å². The highest BCUT2D eigenvalue weighted by atomic mass is 32.2. The first-order chi connectivity index (χ1) is 7.81. The Hall–Kier alpha value is -0.560. The highest BCUT2D eigenvalue weighted by Crippen LogP contribution is 2.30. The van der Waals surface area contributed by atoms with Crippen molar-refractivity contribution in [1.82, 2.24) is 5.32 Å². The van der Waals surface area contributed by atoms with Crippen LogP contribution in [0.3, 0.4) is 0 Å². The minimum atomic E-state index is -3.35. The highest BCUT2D eigenvalue weighted by Gasteiger charge is 2.50. The molecule has 1 saturated heterocycles. The van der Waals surface area contributed by atoms with E-state index in [1.54, 1.807) is 6.26 Å². The Kier molecular flexibility index (Phi) is 5.00. The standard InChI is InChI=1S/C10H17F2NO3S/c1-7(3-4-17(2)15)13-6-8-5-10(11,12)9(14)16-8/h7-8,13H,3-6H2,1-2H3. The SMILES string of the molecule is CC(CCS(C)=O)NCC1CC(F)(F)C(=O)O1. The molecule has 1 rings (SSSR count). The molecule has 4 nitrogen and oxygen atoms in total. The van der Waals surface area contributed by atoms with Gasteiger partial charge in [-0.25, -0.2) is 4.79 Å². The van der Waals surface area contributed by atoms with Gasteiger partial charge in [0.25, 0.3) is 0 Å². The Morgan fingerprint density at radius 3 is 2.76 bits per heavy atom. The predicted octanol–water partition coefficient (Wildman–Crippen LogP) is 0.684. The molecule has 3 atom stereocenters. The number of rotatable bonds is 6. The average molecular weight is 269 g/mol. The van der Waals surface area contributed by atoms with Gasteiger partial charge in [-0.15, -0.1) is 0 Å². The van der Waals surface area contributed by atoms with Crippen LogP contribution < -0.4 is 5.32 Å². The van der Waals surface area contributed by atoms with Crippen molar-refractivity contribution in [1.29, 1.82) is 0 Å². The number of hydrogen-bond acceptors (Lipinski definition) is 4. The predicted molar refractivity (Wildman–Crippen MR) is 60.5 cm³/mol. The molecule has 0 aromatic heterocycles. The zero-order valence-electron chi connectivity index (χ0n) is 9.87. The molecular formula is C10H17F2NO3S. The zero-order chi connectivity index (χ0) is 13.1. The molecule has 17 heavy (non-hydrogen) atoms. The number of nitrogens with one attached hydrogen (secondary N) is 1. The Bertz CT molecular complexity index is 312. The van der Waals surface area contributed by atoms with Crippen molar-refractivity contribution in [2.45, 2.75) is 37.8 Å². The molecule has 1 aliphatic heterocycles. The van der Waals surface area contributed by atoms with E-state index >= 15 is 0 Å². The smallest absolute Gasteiger partial charge is 0.377 e. The monoisotopic (exact) mass is 269 g/mol. The molecule has 0 aromatic carbocycles. The third-order valence-electron chi connectivity index (χ3n) is 2.59. The first-order valence-electron chi connectivity index (χ1n) is 5.43. The average Bonchev–Trinajstić information content (AvgIpc) is 2.47. The minimum Gasteiger partial charge on any atom is -0.456 e. The van der Waals surface area contributed by atoms with Gasteiger partial charge in [0.05, 0.1) is 6.42 Å². The number of cyclic esters (lactones) is 1. The largest absolute Gasteiger partial charge is 0.456 e. The van der Waals surface area contributed by atoms with Crippen molar-refractivity contribution in [3.63, 3.8) is 0 Å². The Morgan fingerprint density at radius 1 is 1.65 bits per heavy atom. The quantitative estimate of drug-likeness (QED) is 0.721. The number of carbonyl (C=O) groups is 1. The molecule has 0 aliphatic carbocycles. The van der Waals surface area contributed by atoms with Crippen molar-refractivity contribution >= 4 is 16.8 Å². The number of alkyl halides is 2. The van der Waals surface area contributed by atoms with Crippen molar-refractivity contribution < 1.29 is 22.5 Å².